The van der Waals surface area contributed by atoms with Crippen molar-refractivity contribution in [3.05, 3.63) is 47.5 Å². The summed E-state index contributed by atoms with van der Waals surface area (Å²) in [6.45, 7) is 0.748. The van der Waals surface area contributed by atoms with E-state index in [1.54, 1.807) is 7.11 Å². The summed E-state index contributed by atoms with van der Waals surface area (Å²) >= 11 is 6.51. The molecule has 1 saturated heterocycles. The van der Waals surface area contributed by atoms with E-state index in [2.05, 4.69) is 36.4 Å². The third-order valence-corrected chi connectivity index (χ3v) is 5.77. The molecule has 3 aliphatic rings. The Labute approximate surface area is 129 Å². The maximum atomic E-state index is 12.6. The molecule has 4 atom stereocenters. The van der Waals surface area contributed by atoms with Gasteiger partial charge >= 0.3 is 0 Å². The molecule has 1 aromatic carbocycles. The first-order chi connectivity index (χ1) is 10.2. The second kappa shape index (κ2) is 4.59. The Balaban J connectivity index is 1.94. The molecule has 1 aliphatic carbocycles. The molecule has 0 saturated carbocycles. The number of amides is 1. The highest BCUT2D eigenvalue weighted by Crippen LogP contribution is 2.54. The smallest absolute Gasteiger partial charge is 0.242 e. The minimum Gasteiger partial charge on any atom is -0.377 e. The average Bonchev–Trinajstić information content (AvgIpc) is 2.76. The van der Waals surface area contributed by atoms with Gasteiger partial charge < -0.3 is 9.64 Å². The number of halogens is 1. The fourth-order valence-corrected chi connectivity index (χ4v) is 4.70. The predicted molar refractivity (Wildman–Crippen MR) is 81.2 cm³/mol. The van der Waals surface area contributed by atoms with E-state index >= 15 is 0 Å². The summed E-state index contributed by atoms with van der Waals surface area (Å²) in [5.74, 6) is 0.139. The van der Waals surface area contributed by atoms with Gasteiger partial charge in [0.1, 0.15) is 5.38 Å². The SMILES string of the molecule is CO[C@@H]1C=C[C@]23c4ccccc4CCN2C(=O)[C@@H](Cl)[C@@H]3C1. The van der Waals surface area contributed by atoms with Crippen molar-refractivity contribution in [3.8, 4) is 0 Å². The summed E-state index contributed by atoms with van der Waals surface area (Å²) in [6.07, 6.45) is 5.99. The monoisotopic (exact) mass is 303 g/mol. The van der Waals surface area contributed by atoms with Gasteiger partial charge in [0.25, 0.3) is 0 Å². The summed E-state index contributed by atoms with van der Waals surface area (Å²) in [6, 6.07) is 8.44. The Morgan fingerprint density at radius 1 is 1.38 bits per heavy atom. The van der Waals surface area contributed by atoms with Crippen molar-refractivity contribution in [2.45, 2.75) is 29.9 Å². The minimum atomic E-state index is -0.459. The zero-order valence-corrected chi connectivity index (χ0v) is 12.7. The van der Waals surface area contributed by atoms with Crippen LogP contribution in [0.1, 0.15) is 17.5 Å². The third kappa shape index (κ3) is 1.62. The van der Waals surface area contributed by atoms with Crippen LogP contribution in [0.4, 0.5) is 0 Å². The minimum absolute atomic E-state index is 0.0451. The fraction of sp³-hybridized carbons (Fsp3) is 0.471. The van der Waals surface area contributed by atoms with E-state index in [0.29, 0.717) is 0 Å². The normalized spacial score (nSPS) is 37.1. The molecule has 1 spiro atoms. The van der Waals surface area contributed by atoms with Gasteiger partial charge in [-0.05, 0) is 24.0 Å². The van der Waals surface area contributed by atoms with Gasteiger partial charge in [-0.15, -0.1) is 11.6 Å². The largest absolute Gasteiger partial charge is 0.377 e. The van der Waals surface area contributed by atoms with E-state index in [1.165, 1.54) is 11.1 Å². The second-order valence-electron chi connectivity index (χ2n) is 6.10. The average molecular weight is 304 g/mol. The van der Waals surface area contributed by atoms with Crippen molar-refractivity contribution < 1.29 is 9.53 Å². The van der Waals surface area contributed by atoms with Crippen molar-refractivity contribution in [2.24, 2.45) is 5.92 Å². The molecule has 0 bridgehead atoms. The Morgan fingerprint density at radius 3 is 3.00 bits per heavy atom. The molecule has 21 heavy (non-hydrogen) atoms. The lowest BCUT2D eigenvalue weighted by atomic mass is 9.69. The summed E-state index contributed by atoms with van der Waals surface area (Å²) in [5.41, 5.74) is 2.20. The van der Waals surface area contributed by atoms with Crippen LogP contribution in [0, 0.1) is 5.92 Å². The summed E-state index contributed by atoms with van der Waals surface area (Å²) in [7, 11) is 1.71. The second-order valence-corrected chi connectivity index (χ2v) is 6.57. The molecule has 1 amide bonds. The molecule has 110 valence electrons. The molecule has 4 rings (SSSR count). The third-order valence-electron chi connectivity index (χ3n) is 5.27. The molecule has 1 fully saturated rings. The molecule has 2 aliphatic heterocycles. The van der Waals surface area contributed by atoms with Crippen molar-refractivity contribution in [1.29, 1.82) is 0 Å². The number of hydrogen-bond acceptors (Lipinski definition) is 2. The molecule has 0 radical (unpaired) electrons. The van der Waals surface area contributed by atoms with Crippen molar-refractivity contribution in [1.82, 2.24) is 4.90 Å². The zero-order chi connectivity index (χ0) is 14.6. The maximum Gasteiger partial charge on any atom is 0.242 e. The number of benzene rings is 1. The summed E-state index contributed by atoms with van der Waals surface area (Å²) < 4.78 is 5.47. The molecular weight excluding hydrogens is 286 g/mol. The van der Waals surface area contributed by atoms with Crippen molar-refractivity contribution >= 4 is 17.5 Å². The van der Waals surface area contributed by atoms with Gasteiger partial charge in [0.15, 0.2) is 0 Å². The lowest BCUT2D eigenvalue weighted by molar-refractivity contribution is -0.130. The Bertz CT molecular complexity index is 629. The van der Waals surface area contributed by atoms with Gasteiger partial charge in [-0.2, -0.15) is 0 Å². The topological polar surface area (TPSA) is 29.5 Å². The lowest BCUT2D eigenvalue weighted by Crippen LogP contribution is -2.51. The molecule has 0 aromatic heterocycles. The highest BCUT2D eigenvalue weighted by molar-refractivity contribution is 6.32. The Hall–Kier alpha value is -1.32. The fourth-order valence-electron chi connectivity index (χ4n) is 4.29. The first kappa shape index (κ1) is 13.4. The van der Waals surface area contributed by atoms with E-state index in [1.807, 2.05) is 4.90 Å². The maximum absolute atomic E-state index is 12.6. The highest BCUT2D eigenvalue weighted by atomic mass is 35.5. The van der Waals surface area contributed by atoms with Crippen molar-refractivity contribution in [3.63, 3.8) is 0 Å². The molecule has 3 nitrogen and oxygen atoms in total. The number of alkyl halides is 1. The quantitative estimate of drug-likeness (QED) is 0.589. The molecule has 0 N–H and O–H groups in total. The van der Waals surface area contributed by atoms with Gasteiger partial charge in [-0.3, -0.25) is 4.79 Å². The van der Waals surface area contributed by atoms with Gasteiger partial charge in [0.05, 0.1) is 11.6 Å². The van der Waals surface area contributed by atoms with Crippen LogP contribution in [0.2, 0.25) is 0 Å². The number of rotatable bonds is 1. The van der Waals surface area contributed by atoms with Crippen LogP contribution in [0.15, 0.2) is 36.4 Å². The van der Waals surface area contributed by atoms with Crippen LogP contribution in [0.25, 0.3) is 0 Å². The number of methoxy groups -OCH3 is 1. The van der Waals surface area contributed by atoms with E-state index in [4.69, 9.17) is 16.3 Å². The van der Waals surface area contributed by atoms with E-state index in [-0.39, 0.29) is 23.5 Å². The summed E-state index contributed by atoms with van der Waals surface area (Å²) in [5, 5.41) is -0.459. The zero-order valence-electron chi connectivity index (χ0n) is 12.0. The van der Waals surface area contributed by atoms with Crippen LogP contribution in [0.5, 0.6) is 0 Å². The van der Waals surface area contributed by atoms with E-state index < -0.39 is 5.38 Å². The van der Waals surface area contributed by atoms with Crippen LogP contribution in [-0.4, -0.2) is 35.9 Å². The Kier molecular flexibility index (Phi) is 2.92. The van der Waals surface area contributed by atoms with Crippen LogP contribution >= 0.6 is 11.6 Å². The molecule has 0 unspecified atom stereocenters. The van der Waals surface area contributed by atoms with Gasteiger partial charge in [-0.1, -0.05) is 36.4 Å². The highest BCUT2D eigenvalue weighted by Gasteiger charge is 2.60. The number of carbonyl (C=O) groups is 1. The number of nitrogens with zero attached hydrogens (tertiary/aromatic N) is 1. The van der Waals surface area contributed by atoms with E-state index in [9.17, 15) is 4.79 Å². The standard InChI is InChI=1S/C17H18ClNO2/c1-21-12-6-8-17-13-5-3-2-4-11(13)7-9-19(17)16(20)15(18)14(17)10-12/h2-6,8,12,14-15H,7,9-10H2,1H3/t12-,14+,15+,17-/m1/s1. The van der Waals surface area contributed by atoms with Gasteiger partial charge in [0, 0.05) is 19.6 Å². The Morgan fingerprint density at radius 2 is 2.19 bits per heavy atom. The number of hydrogen-bond donors (Lipinski definition) is 0. The predicted octanol–water partition coefficient (Wildman–Crippen LogP) is 2.48. The van der Waals surface area contributed by atoms with Crippen LogP contribution in [0.3, 0.4) is 0 Å². The van der Waals surface area contributed by atoms with Crippen molar-refractivity contribution in [2.75, 3.05) is 13.7 Å². The molecule has 1 aromatic rings. The molecule has 4 heteroatoms. The first-order valence-electron chi connectivity index (χ1n) is 7.44. The molecule has 2 heterocycles. The first-order valence-corrected chi connectivity index (χ1v) is 7.88. The summed E-state index contributed by atoms with van der Waals surface area (Å²) in [4.78, 5) is 14.6. The van der Waals surface area contributed by atoms with Crippen LogP contribution in [-0.2, 0) is 21.5 Å². The van der Waals surface area contributed by atoms with Gasteiger partial charge in [-0.25, -0.2) is 0 Å². The van der Waals surface area contributed by atoms with Gasteiger partial charge in [0.2, 0.25) is 5.91 Å². The number of carbonyl (C=O) groups excluding carboxylic acids is 1. The number of ether oxygens (including phenoxy) is 1. The van der Waals surface area contributed by atoms with Crippen LogP contribution < -0.4 is 0 Å². The number of fused-ring (bicyclic) bond motifs is 1. The van der Waals surface area contributed by atoms with E-state index in [0.717, 1.165) is 19.4 Å². The lowest BCUT2D eigenvalue weighted by Gasteiger charge is -2.47. The molecular formula is C17H18ClNO2.